The van der Waals surface area contributed by atoms with E-state index in [0.29, 0.717) is 18.9 Å². The lowest BCUT2D eigenvalue weighted by molar-refractivity contribution is -0.137. The molecule has 1 amide bonds. The molecule has 132 valence electrons. The van der Waals surface area contributed by atoms with Crippen molar-refractivity contribution in [2.24, 2.45) is 0 Å². The van der Waals surface area contributed by atoms with Gasteiger partial charge in [-0.2, -0.15) is 0 Å². The average Bonchev–Trinajstić information content (AvgIpc) is 2.55. The van der Waals surface area contributed by atoms with E-state index < -0.39 is 0 Å². The molecule has 2 aliphatic rings. The van der Waals surface area contributed by atoms with Gasteiger partial charge in [0.1, 0.15) is 0 Å². The van der Waals surface area contributed by atoms with E-state index in [0.717, 1.165) is 43.8 Å². The third-order valence-electron chi connectivity index (χ3n) is 5.49. The molecule has 0 saturated carbocycles. The molecule has 3 nitrogen and oxygen atoms in total. The molecule has 2 aliphatic heterocycles. The van der Waals surface area contributed by atoms with Gasteiger partial charge in [-0.3, -0.25) is 4.79 Å². The number of benzene rings is 1. The maximum atomic E-state index is 13.0. The van der Waals surface area contributed by atoms with Crippen molar-refractivity contribution in [3.63, 3.8) is 0 Å². The quantitative estimate of drug-likeness (QED) is 0.800. The number of nitrogens with zero attached hydrogens (tertiary/aromatic N) is 1. The van der Waals surface area contributed by atoms with Crippen molar-refractivity contribution < 1.29 is 9.53 Å². The third-order valence-corrected chi connectivity index (χ3v) is 5.74. The first-order chi connectivity index (χ1) is 11.4. The fraction of sp³-hybridized carbons (Fsp3) is 0.650. The van der Waals surface area contributed by atoms with Crippen LogP contribution < -0.4 is 0 Å². The second kappa shape index (κ2) is 7.05. The highest BCUT2D eigenvalue weighted by atomic mass is 35.5. The molecule has 0 unspecified atom stereocenters. The fourth-order valence-electron chi connectivity index (χ4n) is 4.32. The number of carbonyl (C=O) groups is 1. The molecule has 2 saturated heterocycles. The molecule has 0 radical (unpaired) electrons. The highest BCUT2D eigenvalue weighted by Crippen LogP contribution is 2.44. The van der Waals surface area contributed by atoms with Crippen LogP contribution in [-0.2, 0) is 14.9 Å². The number of carbonyl (C=O) groups excluding carboxylic acids is 1. The summed E-state index contributed by atoms with van der Waals surface area (Å²) in [5, 5.41) is 0.738. The molecule has 0 aromatic heterocycles. The number of ether oxygens (including phenoxy) is 1. The Labute approximate surface area is 150 Å². The maximum absolute atomic E-state index is 13.0. The molecule has 2 fully saturated rings. The van der Waals surface area contributed by atoms with Crippen molar-refractivity contribution in [1.82, 2.24) is 4.90 Å². The van der Waals surface area contributed by atoms with Gasteiger partial charge in [-0.15, -0.1) is 0 Å². The first-order valence-electron chi connectivity index (χ1n) is 9.08. The minimum absolute atomic E-state index is 0.152. The number of halogens is 1. The lowest BCUT2D eigenvalue weighted by atomic mass is 9.67. The van der Waals surface area contributed by atoms with Crippen LogP contribution in [-0.4, -0.2) is 36.1 Å². The van der Waals surface area contributed by atoms with E-state index >= 15 is 0 Å². The number of hydrogen-bond acceptors (Lipinski definition) is 2. The summed E-state index contributed by atoms with van der Waals surface area (Å²) in [6.07, 6.45) is 5.83. The van der Waals surface area contributed by atoms with E-state index in [1.807, 2.05) is 12.1 Å². The van der Waals surface area contributed by atoms with Gasteiger partial charge in [0.25, 0.3) is 0 Å². The van der Waals surface area contributed by atoms with Crippen molar-refractivity contribution in [3.05, 3.63) is 34.9 Å². The molecule has 3 rings (SSSR count). The van der Waals surface area contributed by atoms with Crippen LogP contribution in [0.2, 0.25) is 5.02 Å². The number of likely N-dealkylation sites (tertiary alicyclic amines) is 1. The molecule has 1 aromatic carbocycles. The van der Waals surface area contributed by atoms with Gasteiger partial charge in [-0.25, -0.2) is 0 Å². The minimum Gasteiger partial charge on any atom is -0.376 e. The smallest absolute Gasteiger partial charge is 0.223 e. The molecule has 0 N–H and O–H groups in total. The van der Waals surface area contributed by atoms with E-state index in [-0.39, 0.29) is 11.0 Å². The summed E-state index contributed by atoms with van der Waals surface area (Å²) in [6, 6.07) is 8.05. The molecule has 0 spiro atoms. The van der Waals surface area contributed by atoms with Crippen LogP contribution in [0, 0.1) is 0 Å². The molecule has 1 atom stereocenters. The highest BCUT2D eigenvalue weighted by molar-refractivity contribution is 6.30. The Morgan fingerprint density at radius 2 is 1.83 bits per heavy atom. The predicted octanol–water partition coefficient (Wildman–Crippen LogP) is 4.57. The standard InChI is InChI=1S/C20H28ClNO2/c1-19(2)15-20(10-13-24-19,16-6-8-17(21)9-7-16)14-18(23)22-11-4-3-5-12-22/h6-9H,3-5,10-15H2,1-2H3/t20-/m1/s1. The lowest BCUT2D eigenvalue weighted by Crippen LogP contribution is -2.47. The van der Waals surface area contributed by atoms with Crippen LogP contribution in [0.25, 0.3) is 0 Å². The van der Waals surface area contributed by atoms with Gasteiger partial charge in [0.15, 0.2) is 0 Å². The summed E-state index contributed by atoms with van der Waals surface area (Å²) in [5.41, 5.74) is 0.856. The van der Waals surface area contributed by atoms with Crippen LogP contribution >= 0.6 is 11.6 Å². The average molecular weight is 350 g/mol. The molecule has 0 bridgehead atoms. The first kappa shape index (κ1) is 17.8. The van der Waals surface area contributed by atoms with Crippen molar-refractivity contribution in [2.75, 3.05) is 19.7 Å². The summed E-state index contributed by atoms with van der Waals surface area (Å²) in [7, 11) is 0. The highest BCUT2D eigenvalue weighted by Gasteiger charge is 2.44. The van der Waals surface area contributed by atoms with E-state index in [4.69, 9.17) is 16.3 Å². The zero-order chi connectivity index (χ0) is 17.2. The Morgan fingerprint density at radius 3 is 2.46 bits per heavy atom. The van der Waals surface area contributed by atoms with E-state index in [1.54, 1.807) is 0 Å². The van der Waals surface area contributed by atoms with Gasteiger partial charge >= 0.3 is 0 Å². The summed E-state index contributed by atoms with van der Waals surface area (Å²) < 4.78 is 5.94. The zero-order valence-electron chi connectivity index (χ0n) is 14.8. The summed E-state index contributed by atoms with van der Waals surface area (Å²) in [6.45, 7) is 6.78. The molecular formula is C20H28ClNO2. The second-order valence-electron chi connectivity index (χ2n) is 7.94. The van der Waals surface area contributed by atoms with Crippen molar-refractivity contribution in [3.8, 4) is 0 Å². The molecule has 1 aromatic rings. The Balaban J connectivity index is 1.87. The SMILES string of the molecule is CC1(C)C[C@@](CC(=O)N2CCCCC2)(c2ccc(Cl)cc2)CCO1. The number of amides is 1. The summed E-state index contributed by atoms with van der Waals surface area (Å²) in [5.74, 6) is 0.294. The van der Waals surface area contributed by atoms with Crippen LogP contribution in [0.5, 0.6) is 0 Å². The topological polar surface area (TPSA) is 29.5 Å². The second-order valence-corrected chi connectivity index (χ2v) is 8.38. The first-order valence-corrected chi connectivity index (χ1v) is 9.46. The Morgan fingerprint density at radius 1 is 1.17 bits per heavy atom. The molecule has 0 aliphatic carbocycles. The van der Waals surface area contributed by atoms with Crippen LogP contribution in [0.1, 0.15) is 57.9 Å². The van der Waals surface area contributed by atoms with Gasteiger partial charge in [-0.05, 0) is 63.6 Å². The largest absolute Gasteiger partial charge is 0.376 e. The van der Waals surface area contributed by atoms with E-state index in [1.165, 1.54) is 12.0 Å². The number of piperidine rings is 1. The van der Waals surface area contributed by atoms with Crippen molar-refractivity contribution in [2.45, 2.75) is 63.4 Å². The molecule has 4 heteroatoms. The maximum Gasteiger partial charge on any atom is 0.223 e. The molecular weight excluding hydrogens is 322 g/mol. The van der Waals surface area contributed by atoms with Crippen LogP contribution in [0.15, 0.2) is 24.3 Å². The van der Waals surface area contributed by atoms with Gasteiger partial charge in [0.2, 0.25) is 5.91 Å². The zero-order valence-corrected chi connectivity index (χ0v) is 15.6. The van der Waals surface area contributed by atoms with Gasteiger partial charge in [0, 0.05) is 36.6 Å². The van der Waals surface area contributed by atoms with Gasteiger partial charge in [0.05, 0.1) is 5.60 Å². The van der Waals surface area contributed by atoms with Crippen molar-refractivity contribution in [1.29, 1.82) is 0 Å². The molecule has 2 heterocycles. The fourth-order valence-corrected chi connectivity index (χ4v) is 4.45. The number of hydrogen-bond donors (Lipinski definition) is 0. The van der Waals surface area contributed by atoms with E-state index in [9.17, 15) is 4.79 Å². The third kappa shape index (κ3) is 3.94. The van der Waals surface area contributed by atoms with Gasteiger partial charge < -0.3 is 9.64 Å². The predicted molar refractivity (Wildman–Crippen MR) is 97.4 cm³/mol. The lowest BCUT2D eigenvalue weighted by Gasteiger charge is -2.46. The summed E-state index contributed by atoms with van der Waals surface area (Å²) >= 11 is 6.08. The number of rotatable bonds is 3. The van der Waals surface area contributed by atoms with Crippen LogP contribution in [0.4, 0.5) is 0 Å². The normalized spacial score (nSPS) is 27.0. The Bertz CT molecular complexity index is 578. The summed E-state index contributed by atoms with van der Waals surface area (Å²) in [4.78, 5) is 15.0. The van der Waals surface area contributed by atoms with Crippen molar-refractivity contribution >= 4 is 17.5 Å². The van der Waals surface area contributed by atoms with Gasteiger partial charge in [-0.1, -0.05) is 23.7 Å². The van der Waals surface area contributed by atoms with Crippen LogP contribution in [0.3, 0.4) is 0 Å². The Hall–Kier alpha value is -1.06. The minimum atomic E-state index is -0.208. The van der Waals surface area contributed by atoms with E-state index in [2.05, 4.69) is 30.9 Å². The Kier molecular flexibility index (Phi) is 5.22. The molecule has 24 heavy (non-hydrogen) atoms. The monoisotopic (exact) mass is 349 g/mol.